The monoisotopic (exact) mass is 611 g/mol. The van der Waals surface area contributed by atoms with Crippen LogP contribution in [0, 0.1) is 5.92 Å². The zero-order valence-corrected chi connectivity index (χ0v) is 27.3. The molecule has 0 saturated carbocycles. The number of methoxy groups -OCH3 is 2. The number of amides is 1. The van der Waals surface area contributed by atoms with Crippen molar-refractivity contribution in [2.75, 3.05) is 65.2 Å². The second-order valence-electron chi connectivity index (χ2n) is 12.4. The van der Waals surface area contributed by atoms with Gasteiger partial charge in [-0.25, -0.2) is 0 Å². The van der Waals surface area contributed by atoms with Crippen molar-refractivity contribution in [2.24, 2.45) is 5.92 Å². The average Bonchev–Trinajstić information content (AvgIpc) is 3.00. The first-order valence-electron chi connectivity index (χ1n) is 16.1. The molecular weight excluding hydrogens is 558 g/mol. The predicted molar refractivity (Wildman–Crippen MR) is 173 cm³/mol. The van der Waals surface area contributed by atoms with Gasteiger partial charge in [-0.15, -0.1) is 0 Å². The molecule has 2 N–H and O–H groups in total. The van der Waals surface area contributed by atoms with Crippen LogP contribution in [0.3, 0.4) is 0 Å². The molecule has 0 spiro atoms. The van der Waals surface area contributed by atoms with Gasteiger partial charge in [-0.3, -0.25) is 4.79 Å². The lowest BCUT2D eigenvalue weighted by Gasteiger charge is -2.38. The molecule has 0 aromatic heterocycles. The Morgan fingerprint density at radius 2 is 1.86 bits per heavy atom. The van der Waals surface area contributed by atoms with Crippen LogP contribution < -0.4 is 20.3 Å². The number of hydrogen-bond acceptors (Lipinski definition) is 8. The van der Waals surface area contributed by atoms with Crippen LogP contribution in [0.25, 0.3) is 0 Å². The maximum Gasteiger partial charge on any atom is 0.217 e. The molecule has 2 aliphatic heterocycles. The van der Waals surface area contributed by atoms with Crippen LogP contribution in [0.2, 0.25) is 0 Å². The van der Waals surface area contributed by atoms with E-state index in [9.17, 15) is 4.79 Å². The van der Waals surface area contributed by atoms with Gasteiger partial charge in [0.25, 0.3) is 0 Å². The lowest BCUT2D eigenvalue weighted by Crippen LogP contribution is -2.49. The summed E-state index contributed by atoms with van der Waals surface area (Å²) in [6.07, 6.45) is 2.80. The van der Waals surface area contributed by atoms with Crippen LogP contribution in [-0.2, 0) is 37.0 Å². The van der Waals surface area contributed by atoms with Gasteiger partial charge < -0.3 is 39.2 Å². The van der Waals surface area contributed by atoms with E-state index in [-0.39, 0.29) is 30.0 Å². The SMILES string of the molecule is COCCCN1CCOc2ccc(CO[C@H]3CN[C@H](C[C@H](C)NC(C)=O)C[C@@H]3c3ccc(COCC(C)COC)cc3)cc21. The number of rotatable bonds is 17. The molecule has 9 nitrogen and oxygen atoms in total. The summed E-state index contributed by atoms with van der Waals surface area (Å²) < 4.78 is 29.0. The van der Waals surface area contributed by atoms with Gasteiger partial charge in [0.1, 0.15) is 12.4 Å². The Balaban J connectivity index is 1.42. The average molecular weight is 612 g/mol. The number of hydrogen-bond donors (Lipinski definition) is 2. The van der Waals surface area contributed by atoms with Crippen LogP contribution >= 0.6 is 0 Å². The van der Waals surface area contributed by atoms with Gasteiger partial charge in [-0.1, -0.05) is 37.3 Å². The third-order valence-corrected chi connectivity index (χ3v) is 8.44. The van der Waals surface area contributed by atoms with Gasteiger partial charge in [0.05, 0.1) is 44.8 Å². The molecule has 2 aromatic rings. The van der Waals surface area contributed by atoms with Crippen LogP contribution in [0.1, 0.15) is 62.6 Å². The van der Waals surface area contributed by atoms with E-state index >= 15 is 0 Å². The van der Waals surface area contributed by atoms with Gasteiger partial charge in [0.15, 0.2) is 0 Å². The van der Waals surface area contributed by atoms with Gasteiger partial charge in [0, 0.05) is 64.8 Å². The highest BCUT2D eigenvalue weighted by atomic mass is 16.5. The Morgan fingerprint density at radius 3 is 2.61 bits per heavy atom. The highest BCUT2D eigenvalue weighted by Crippen LogP contribution is 2.35. The molecule has 2 aromatic carbocycles. The molecule has 1 saturated heterocycles. The number of fused-ring (bicyclic) bond motifs is 1. The Hall–Kier alpha value is -2.69. The van der Waals surface area contributed by atoms with Crippen molar-refractivity contribution < 1.29 is 28.5 Å². The van der Waals surface area contributed by atoms with E-state index in [1.165, 1.54) is 5.56 Å². The summed E-state index contributed by atoms with van der Waals surface area (Å²) in [5.74, 6) is 1.54. The fourth-order valence-corrected chi connectivity index (χ4v) is 6.32. The molecule has 0 radical (unpaired) electrons. The van der Waals surface area contributed by atoms with Crippen molar-refractivity contribution in [1.29, 1.82) is 0 Å². The normalized spacial score (nSPS) is 21.3. The lowest BCUT2D eigenvalue weighted by atomic mass is 9.82. The van der Waals surface area contributed by atoms with Crippen molar-refractivity contribution in [2.45, 2.75) is 77.4 Å². The van der Waals surface area contributed by atoms with Crippen molar-refractivity contribution in [1.82, 2.24) is 10.6 Å². The van der Waals surface area contributed by atoms with Crippen molar-refractivity contribution in [3.8, 4) is 5.75 Å². The number of nitrogens with zero attached hydrogens (tertiary/aromatic N) is 1. The number of benzene rings is 2. The minimum atomic E-state index is 0.00760. The van der Waals surface area contributed by atoms with E-state index in [2.05, 4.69) is 71.8 Å². The van der Waals surface area contributed by atoms with Crippen molar-refractivity contribution in [3.63, 3.8) is 0 Å². The molecule has 1 fully saturated rings. The van der Waals surface area contributed by atoms with E-state index in [0.29, 0.717) is 39.0 Å². The summed E-state index contributed by atoms with van der Waals surface area (Å²) in [6, 6.07) is 15.6. The standard InChI is InChI=1S/C35H53N3O6/c1-25(21-41-5)22-42-23-28-7-10-30(11-8-28)32-19-31(17-26(2)37-27(3)39)36-20-35(32)44-24-29-9-12-34-33(18-29)38(14-16-43-34)13-6-15-40-4/h7-12,18,25-26,31-32,35-36H,6,13-17,19-24H2,1-5H3,(H,37,39)/t25?,26-,31+,32+,35-/m0/s1. The quantitative estimate of drug-likeness (QED) is 0.250. The fraction of sp³-hybridized carbons (Fsp3) is 0.629. The number of anilines is 1. The molecular formula is C35H53N3O6. The van der Waals surface area contributed by atoms with Gasteiger partial charge in [0.2, 0.25) is 5.91 Å². The zero-order chi connectivity index (χ0) is 31.3. The molecule has 4 rings (SSSR count). The van der Waals surface area contributed by atoms with Crippen LogP contribution in [-0.4, -0.2) is 84.4 Å². The Bertz CT molecular complexity index is 1150. The maximum absolute atomic E-state index is 11.6. The Labute approximate surface area is 263 Å². The van der Waals surface area contributed by atoms with Crippen LogP contribution in [0.15, 0.2) is 42.5 Å². The first kappa shape index (κ1) is 34.2. The number of nitrogens with one attached hydrogen (secondary N) is 2. The third-order valence-electron chi connectivity index (χ3n) is 8.44. The largest absolute Gasteiger partial charge is 0.490 e. The summed E-state index contributed by atoms with van der Waals surface area (Å²) in [6.45, 7) is 12.3. The number of ether oxygens (including phenoxy) is 5. The van der Waals surface area contributed by atoms with E-state index < -0.39 is 0 Å². The lowest BCUT2D eigenvalue weighted by molar-refractivity contribution is -0.119. The van der Waals surface area contributed by atoms with E-state index in [1.54, 1.807) is 21.1 Å². The van der Waals surface area contributed by atoms with E-state index in [4.69, 9.17) is 23.7 Å². The topological polar surface area (TPSA) is 90.5 Å². The predicted octanol–water partition coefficient (Wildman–Crippen LogP) is 4.67. The van der Waals surface area contributed by atoms with E-state index in [1.807, 2.05) is 0 Å². The fourth-order valence-electron chi connectivity index (χ4n) is 6.32. The second-order valence-corrected chi connectivity index (χ2v) is 12.4. The maximum atomic E-state index is 11.6. The van der Waals surface area contributed by atoms with Gasteiger partial charge in [-0.2, -0.15) is 0 Å². The molecule has 44 heavy (non-hydrogen) atoms. The highest BCUT2D eigenvalue weighted by molar-refractivity contribution is 5.73. The molecule has 0 aliphatic carbocycles. The van der Waals surface area contributed by atoms with Crippen LogP contribution in [0.5, 0.6) is 5.75 Å². The highest BCUT2D eigenvalue weighted by Gasteiger charge is 2.33. The molecule has 2 heterocycles. The Morgan fingerprint density at radius 1 is 1.07 bits per heavy atom. The minimum Gasteiger partial charge on any atom is -0.490 e. The summed E-state index contributed by atoms with van der Waals surface area (Å²) >= 11 is 0. The van der Waals surface area contributed by atoms with Gasteiger partial charge >= 0.3 is 0 Å². The smallest absolute Gasteiger partial charge is 0.217 e. The Kier molecular flexibility index (Phi) is 13.8. The van der Waals surface area contributed by atoms with Crippen molar-refractivity contribution in [3.05, 3.63) is 59.2 Å². The summed E-state index contributed by atoms with van der Waals surface area (Å²) in [5.41, 5.74) is 4.70. The first-order chi connectivity index (χ1) is 21.4. The molecule has 1 amide bonds. The number of piperidine rings is 1. The molecule has 5 atom stereocenters. The van der Waals surface area contributed by atoms with Crippen molar-refractivity contribution >= 4 is 11.6 Å². The molecule has 1 unspecified atom stereocenters. The molecule has 0 bridgehead atoms. The zero-order valence-electron chi connectivity index (χ0n) is 27.3. The number of carbonyl (C=O) groups excluding carboxylic acids is 1. The summed E-state index contributed by atoms with van der Waals surface area (Å²) in [5, 5.41) is 6.75. The van der Waals surface area contributed by atoms with Crippen LogP contribution in [0.4, 0.5) is 5.69 Å². The number of carbonyl (C=O) groups is 1. The summed E-state index contributed by atoms with van der Waals surface area (Å²) in [4.78, 5) is 14.0. The molecule has 2 aliphatic rings. The third kappa shape index (κ3) is 10.4. The second kappa shape index (κ2) is 17.7. The van der Waals surface area contributed by atoms with E-state index in [0.717, 1.165) is 68.1 Å². The van der Waals surface area contributed by atoms with Gasteiger partial charge in [-0.05, 0) is 55.0 Å². The summed E-state index contributed by atoms with van der Waals surface area (Å²) in [7, 11) is 3.47. The molecule has 9 heteroatoms. The first-order valence-corrected chi connectivity index (χ1v) is 16.1. The molecule has 244 valence electrons. The minimum absolute atomic E-state index is 0.00760.